The first-order valence-electron chi connectivity index (χ1n) is 6.23. The minimum Gasteiger partial charge on any atom is -0.354 e. The van der Waals surface area contributed by atoms with E-state index in [1.165, 1.54) is 11.4 Å². The Morgan fingerprint density at radius 1 is 1.29 bits per heavy atom. The van der Waals surface area contributed by atoms with E-state index < -0.39 is 0 Å². The van der Waals surface area contributed by atoms with Gasteiger partial charge >= 0.3 is 0 Å². The van der Waals surface area contributed by atoms with Gasteiger partial charge in [0.1, 0.15) is 5.82 Å². The summed E-state index contributed by atoms with van der Waals surface area (Å²) in [6, 6.07) is 0.491. The Labute approximate surface area is 113 Å². The standard InChI is InChI=1S/C13H24BrN3/c1-9(2)8-17(10(3)4)13-12(7-14)11(5)15-16(13)6/h9-10H,7-8H2,1-6H3. The SMILES string of the molecule is Cc1nn(C)c(N(CC(C)C)C(C)C)c1CBr. The Bertz CT molecular complexity index is 369. The van der Waals surface area contributed by atoms with E-state index >= 15 is 0 Å². The summed E-state index contributed by atoms with van der Waals surface area (Å²) in [4.78, 5) is 2.45. The van der Waals surface area contributed by atoms with E-state index in [0.717, 1.165) is 17.6 Å². The average Bonchev–Trinajstić information content (AvgIpc) is 2.48. The highest BCUT2D eigenvalue weighted by Crippen LogP contribution is 2.27. The van der Waals surface area contributed by atoms with Crippen LogP contribution in [0.5, 0.6) is 0 Å². The predicted molar refractivity (Wildman–Crippen MR) is 77.9 cm³/mol. The van der Waals surface area contributed by atoms with Gasteiger partial charge in [-0.05, 0) is 26.7 Å². The van der Waals surface area contributed by atoms with Crippen LogP contribution in [0.25, 0.3) is 0 Å². The number of alkyl halides is 1. The minimum absolute atomic E-state index is 0.491. The van der Waals surface area contributed by atoms with Crippen molar-refractivity contribution in [2.75, 3.05) is 11.4 Å². The summed E-state index contributed by atoms with van der Waals surface area (Å²) in [5.74, 6) is 1.90. The molecule has 0 aliphatic rings. The van der Waals surface area contributed by atoms with Gasteiger partial charge in [0.05, 0.1) is 5.69 Å². The monoisotopic (exact) mass is 301 g/mol. The minimum atomic E-state index is 0.491. The molecule has 0 amide bonds. The molecular weight excluding hydrogens is 278 g/mol. The quantitative estimate of drug-likeness (QED) is 0.776. The third-order valence-electron chi connectivity index (χ3n) is 2.90. The van der Waals surface area contributed by atoms with Gasteiger partial charge in [-0.25, -0.2) is 0 Å². The molecule has 1 aromatic rings. The van der Waals surface area contributed by atoms with Crippen LogP contribution in [-0.4, -0.2) is 22.4 Å². The molecule has 0 aromatic carbocycles. The van der Waals surface area contributed by atoms with Crippen LogP contribution in [0.2, 0.25) is 0 Å². The zero-order valence-corrected chi connectivity index (χ0v) is 13.4. The Balaban J connectivity index is 3.17. The van der Waals surface area contributed by atoms with Crippen molar-refractivity contribution < 1.29 is 0 Å². The van der Waals surface area contributed by atoms with Crippen molar-refractivity contribution in [2.45, 2.75) is 46.0 Å². The number of halogens is 1. The van der Waals surface area contributed by atoms with Crippen LogP contribution in [0.3, 0.4) is 0 Å². The molecule has 0 atom stereocenters. The van der Waals surface area contributed by atoms with Gasteiger partial charge in [-0.15, -0.1) is 0 Å². The first-order valence-corrected chi connectivity index (χ1v) is 7.35. The second-order valence-electron chi connectivity index (χ2n) is 5.28. The molecule has 98 valence electrons. The van der Waals surface area contributed by atoms with E-state index in [9.17, 15) is 0 Å². The highest BCUT2D eigenvalue weighted by molar-refractivity contribution is 9.08. The molecule has 0 fully saturated rings. The number of rotatable bonds is 5. The molecule has 0 unspecified atom stereocenters. The largest absolute Gasteiger partial charge is 0.354 e. The van der Waals surface area contributed by atoms with Crippen molar-refractivity contribution in [1.82, 2.24) is 9.78 Å². The molecule has 17 heavy (non-hydrogen) atoms. The lowest BCUT2D eigenvalue weighted by Gasteiger charge is -2.31. The van der Waals surface area contributed by atoms with Gasteiger partial charge < -0.3 is 4.90 Å². The van der Waals surface area contributed by atoms with Crippen LogP contribution < -0.4 is 4.90 Å². The second kappa shape index (κ2) is 5.89. The summed E-state index contributed by atoms with van der Waals surface area (Å²) in [7, 11) is 2.03. The summed E-state index contributed by atoms with van der Waals surface area (Å²) in [6.45, 7) is 12.1. The Hall–Kier alpha value is -0.510. The average molecular weight is 302 g/mol. The number of nitrogens with zero attached hydrogens (tertiary/aromatic N) is 3. The van der Waals surface area contributed by atoms with E-state index in [2.05, 4.69) is 60.5 Å². The maximum Gasteiger partial charge on any atom is 0.131 e. The smallest absolute Gasteiger partial charge is 0.131 e. The number of aryl methyl sites for hydroxylation is 2. The van der Waals surface area contributed by atoms with E-state index in [4.69, 9.17) is 0 Å². The molecule has 0 saturated heterocycles. The van der Waals surface area contributed by atoms with Gasteiger partial charge in [0.25, 0.3) is 0 Å². The summed E-state index contributed by atoms with van der Waals surface area (Å²) >= 11 is 3.58. The number of anilines is 1. The molecule has 0 radical (unpaired) electrons. The Morgan fingerprint density at radius 2 is 1.88 bits per heavy atom. The summed E-state index contributed by atoms with van der Waals surface area (Å²) in [5.41, 5.74) is 2.43. The van der Waals surface area contributed by atoms with Crippen LogP contribution >= 0.6 is 15.9 Å². The Kier molecular flexibility index (Phi) is 5.04. The van der Waals surface area contributed by atoms with Crippen LogP contribution in [0.15, 0.2) is 0 Å². The molecule has 0 aliphatic carbocycles. The fourth-order valence-electron chi connectivity index (χ4n) is 2.14. The molecule has 1 rings (SSSR count). The summed E-state index contributed by atoms with van der Waals surface area (Å²) < 4.78 is 2.01. The fraction of sp³-hybridized carbons (Fsp3) is 0.769. The van der Waals surface area contributed by atoms with Crippen molar-refractivity contribution in [2.24, 2.45) is 13.0 Å². The van der Waals surface area contributed by atoms with Gasteiger partial charge in [0.2, 0.25) is 0 Å². The van der Waals surface area contributed by atoms with Gasteiger partial charge in [-0.2, -0.15) is 5.10 Å². The van der Waals surface area contributed by atoms with Gasteiger partial charge in [0.15, 0.2) is 0 Å². The molecule has 0 N–H and O–H groups in total. The molecule has 0 saturated carbocycles. The first-order chi connectivity index (χ1) is 7.88. The van der Waals surface area contributed by atoms with E-state index in [0.29, 0.717) is 12.0 Å². The van der Waals surface area contributed by atoms with Gasteiger partial charge in [0, 0.05) is 30.5 Å². The third kappa shape index (κ3) is 3.24. The molecule has 1 aromatic heterocycles. The fourth-order valence-corrected chi connectivity index (χ4v) is 2.80. The van der Waals surface area contributed by atoms with Crippen molar-refractivity contribution in [3.8, 4) is 0 Å². The van der Waals surface area contributed by atoms with E-state index in [1.807, 2.05) is 11.7 Å². The normalized spacial score (nSPS) is 11.6. The molecule has 3 nitrogen and oxygen atoms in total. The topological polar surface area (TPSA) is 21.1 Å². The summed E-state index contributed by atoms with van der Waals surface area (Å²) in [6.07, 6.45) is 0. The van der Waals surface area contributed by atoms with Crippen molar-refractivity contribution in [3.63, 3.8) is 0 Å². The van der Waals surface area contributed by atoms with Gasteiger partial charge in [-0.1, -0.05) is 29.8 Å². The zero-order valence-electron chi connectivity index (χ0n) is 11.8. The second-order valence-corrected chi connectivity index (χ2v) is 5.85. The van der Waals surface area contributed by atoms with Crippen LogP contribution in [-0.2, 0) is 12.4 Å². The van der Waals surface area contributed by atoms with Crippen LogP contribution in [0, 0.1) is 12.8 Å². The molecule has 0 bridgehead atoms. The Morgan fingerprint density at radius 3 is 2.29 bits per heavy atom. The highest BCUT2D eigenvalue weighted by Gasteiger charge is 2.21. The number of hydrogen-bond acceptors (Lipinski definition) is 2. The lowest BCUT2D eigenvalue weighted by atomic mass is 10.1. The molecule has 4 heteroatoms. The van der Waals surface area contributed by atoms with Crippen LogP contribution in [0.4, 0.5) is 5.82 Å². The third-order valence-corrected chi connectivity index (χ3v) is 3.46. The molecule has 0 aliphatic heterocycles. The molecule has 0 spiro atoms. The lowest BCUT2D eigenvalue weighted by Crippen LogP contribution is -2.36. The van der Waals surface area contributed by atoms with Crippen molar-refractivity contribution in [3.05, 3.63) is 11.3 Å². The van der Waals surface area contributed by atoms with Crippen molar-refractivity contribution in [1.29, 1.82) is 0 Å². The van der Waals surface area contributed by atoms with Crippen LogP contribution in [0.1, 0.15) is 39.0 Å². The molecular formula is C13H24BrN3. The maximum absolute atomic E-state index is 4.54. The molecule has 1 heterocycles. The zero-order chi connectivity index (χ0) is 13.2. The maximum atomic E-state index is 4.54. The summed E-state index contributed by atoms with van der Waals surface area (Å²) in [5, 5.41) is 5.40. The number of hydrogen-bond donors (Lipinski definition) is 0. The number of aromatic nitrogens is 2. The lowest BCUT2D eigenvalue weighted by molar-refractivity contribution is 0.552. The first kappa shape index (κ1) is 14.6. The van der Waals surface area contributed by atoms with E-state index in [1.54, 1.807) is 0 Å². The highest BCUT2D eigenvalue weighted by atomic mass is 79.9. The van der Waals surface area contributed by atoms with E-state index in [-0.39, 0.29) is 0 Å². The van der Waals surface area contributed by atoms with Crippen molar-refractivity contribution >= 4 is 21.7 Å². The van der Waals surface area contributed by atoms with Gasteiger partial charge in [-0.3, -0.25) is 4.68 Å². The predicted octanol–water partition coefficient (Wildman–Crippen LogP) is 3.49.